The molecule has 0 radical (unpaired) electrons. The van der Waals surface area contributed by atoms with Crippen LogP contribution < -0.4 is 5.32 Å². The van der Waals surface area contributed by atoms with Crippen LogP contribution in [0.2, 0.25) is 0 Å². The minimum absolute atomic E-state index is 0.00694. The van der Waals surface area contributed by atoms with E-state index in [-0.39, 0.29) is 26.1 Å². The molecule has 0 amide bonds. The fraction of sp³-hybridized carbons (Fsp3) is 1.00. The zero-order valence-corrected chi connectivity index (χ0v) is 6.87. The molecule has 2 nitrogen and oxygen atoms in total. The van der Waals surface area contributed by atoms with E-state index in [1.54, 1.807) is 0 Å². The summed E-state index contributed by atoms with van der Waals surface area (Å²) in [6.07, 6.45) is -4.16. The average Bonchev–Trinajstić information content (AvgIpc) is 2.04. The van der Waals surface area contributed by atoms with E-state index in [0.717, 1.165) is 0 Å². The fourth-order valence-corrected chi connectivity index (χ4v) is 1.40. The van der Waals surface area contributed by atoms with Gasteiger partial charge in [0.25, 0.3) is 0 Å². The number of rotatable bonds is 1. The summed E-state index contributed by atoms with van der Waals surface area (Å²) in [5, 5.41) is 2.35. The van der Waals surface area contributed by atoms with Gasteiger partial charge in [-0.05, 0) is 19.9 Å². The summed E-state index contributed by atoms with van der Waals surface area (Å²) in [6, 6.07) is 0. The predicted octanol–water partition coefficient (Wildman–Crippen LogP) is 1.32. The van der Waals surface area contributed by atoms with Crippen molar-refractivity contribution in [2.45, 2.75) is 24.6 Å². The number of halogens is 3. The van der Waals surface area contributed by atoms with E-state index < -0.39 is 11.7 Å². The first-order valence-corrected chi connectivity index (χ1v) is 3.85. The third-order valence-corrected chi connectivity index (χ3v) is 2.37. The Morgan fingerprint density at radius 3 is 2.00 bits per heavy atom. The zero-order valence-electron chi connectivity index (χ0n) is 6.87. The van der Waals surface area contributed by atoms with Gasteiger partial charge in [-0.15, -0.1) is 0 Å². The Kier molecular flexibility index (Phi) is 2.63. The normalized spacial score (nSPS) is 24.0. The van der Waals surface area contributed by atoms with Gasteiger partial charge in [0.1, 0.15) is 5.54 Å². The minimum atomic E-state index is -4.18. The Bertz CT molecular complexity index is 151. The molecule has 5 heteroatoms. The first-order valence-electron chi connectivity index (χ1n) is 3.85. The van der Waals surface area contributed by atoms with Gasteiger partial charge in [-0.2, -0.15) is 13.2 Å². The van der Waals surface area contributed by atoms with Crippen molar-refractivity contribution in [3.63, 3.8) is 0 Å². The van der Waals surface area contributed by atoms with Crippen molar-refractivity contribution in [3.05, 3.63) is 0 Å². The Labute approximate surface area is 69.1 Å². The molecule has 0 aliphatic carbocycles. The molecule has 0 spiro atoms. The SMILES string of the molecule is CNC1(C(F)(F)F)CCOCC1. The molecule has 12 heavy (non-hydrogen) atoms. The Morgan fingerprint density at radius 1 is 1.25 bits per heavy atom. The van der Waals surface area contributed by atoms with E-state index >= 15 is 0 Å². The van der Waals surface area contributed by atoms with E-state index in [1.807, 2.05) is 0 Å². The van der Waals surface area contributed by atoms with Gasteiger partial charge in [0.05, 0.1) is 0 Å². The molecule has 0 atom stereocenters. The van der Waals surface area contributed by atoms with E-state index in [1.165, 1.54) is 7.05 Å². The van der Waals surface area contributed by atoms with Crippen LogP contribution in [-0.4, -0.2) is 32.0 Å². The second kappa shape index (κ2) is 3.22. The van der Waals surface area contributed by atoms with Gasteiger partial charge >= 0.3 is 6.18 Å². The largest absolute Gasteiger partial charge is 0.406 e. The number of ether oxygens (including phenoxy) is 1. The maximum atomic E-state index is 12.5. The lowest BCUT2D eigenvalue weighted by atomic mass is 9.89. The third-order valence-electron chi connectivity index (χ3n) is 2.37. The van der Waals surface area contributed by atoms with E-state index in [2.05, 4.69) is 5.32 Å². The van der Waals surface area contributed by atoms with Crippen LogP contribution in [0.15, 0.2) is 0 Å². The molecular formula is C7H12F3NO. The molecule has 0 aromatic carbocycles. The summed E-state index contributed by atoms with van der Waals surface area (Å²) in [5.74, 6) is 0. The summed E-state index contributed by atoms with van der Waals surface area (Å²) in [5.41, 5.74) is -1.72. The number of hydrogen-bond donors (Lipinski definition) is 1. The topological polar surface area (TPSA) is 21.3 Å². The summed E-state index contributed by atoms with van der Waals surface area (Å²) >= 11 is 0. The molecule has 1 fully saturated rings. The highest BCUT2D eigenvalue weighted by Gasteiger charge is 2.54. The van der Waals surface area contributed by atoms with Crippen molar-refractivity contribution in [3.8, 4) is 0 Å². The predicted molar refractivity (Wildman–Crippen MR) is 37.9 cm³/mol. The van der Waals surface area contributed by atoms with Crippen molar-refractivity contribution >= 4 is 0 Å². The lowest BCUT2D eigenvalue weighted by molar-refractivity contribution is -0.214. The fourth-order valence-electron chi connectivity index (χ4n) is 1.40. The van der Waals surface area contributed by atoms with Crippen LogP contribution in [0, 0.1) is 0 Å². The summed E-state index contributed by atoms with van der Waals surface area (Å²) in [4.78, 5) is 0. The first-order chi connectivity index (χ1) is 5.52. The van der Waals surface area contributed by atoms with Crippen LogP contribution >= 0.6 is 0 Å². The van der Waals surface area contributed by atoms with Crippen molar-refractivity contribution < 1.29 is 17.9 Å². The highest BCUT2D eigenvalue weighted by atomic mass is 19.4. The van der Waals surface area contributed by atoms with Crippen molar-refractivity contribution in [1.82, 2.24) is 5.32 Å². The van der Waals surface area contributed by atoms with Gasteiger partial charge in [0.2, 0.25) is 0 Å². The van der Waals surface area contributed by atoms with E-state index in [0.29, 0.717) is 0 Å². The second-order valence-corrected chi connectivity index (χ2v) is 2.94. The van der Waals surface area contributed by atoms with Crippen molar-refractivity contribution in [1.29, 1.82) is 0 Å². The van der Waals surface area contributed by atoms with Gasteiger partial charge in [0.15, 0.2) is 0 Å². The molecule has 0 aromatic rings. The van der Waals surface area contributed by atoms with Crippen LogP contribution in [-0.2, 0) is 4.74 Å². The Hall–Kier alpha value is -0.290. The average molecular weight is 183 g/mol. The molecule has 1 aliphatic rings. The summed E-state index contributed by atoms with van der Waals surface area (Å²) < 4.78 is 42.3. The Balaban J connectivity index is 2.73. The number of alkyl halides is 3. The zero-order chi connectivity index (χ0) is 9.24. The lowest BCUT2D eigenvalue weighted by Gasteiger charge is -2.38. The second-order valence-electron chi connectivity index (χ2n) is 2.94. The number of nitrogens with one attached hydrogen (secondary N) is 1. The van der Waals surface area contributed by atoms with Crippen molar-refractivity contribution in [2.24, 2.45) is 0 Å². The van der Waals surface area contributed by atoms with Crippen LogP contribution in [0.5, 0.6) is 0 Å². The molecule has 1 heterocycles. The van der Waals surface area contributed by atoms with Crippen LogP contribution in [0.25, 0.3) is 0 Å². The number of hydrogen-bond acceptors (Lipinski definition) is 2. The van der Waals surface area contributed by atoms with Gasteiger partial charge in [-0.1, -0.05) is 0 Å². The monoisotopic (exact) mass is 183 g/mol. The van der Waals surface area contributed by atoms with Crippen LogP contribution in [0.3, 0.4) is 0 Å². The molecule has 1 saturated heterocycles. The molecule has 1 N–H and O–H groups in total. The molecular weight excluding hydrogens is 171 g/mol. The van der Waals surface area contributed by atoms with Crippen LogP contribution in [0.1, 0.15) is 12.8 Å². The van der Waals surface area contributed by atoms with Crippen molar-refractivity contribution in [2.75, 3.05) is 20.3 Å². The summed E-state index contributed by atoms with van der Waals surface area (Å²) in [6.45, 7) is 0.362. The highest BCUT2D eigenvalue weighted by Crippen LogP contribution is 2.37. The molecule has 0 saturated carbocycles. The van der Waals surface area contributed by atoms with E-state index in [9.17, 15) is 13.2 Å². The minimum Gasteiger partial charge on any atom is -0.381 e. The molecule has 0 aromatic heterocycles. The third kappa shape index (κ3) is 1.56. The Morgan fingerprint density at radius 2 is 1.75 bits per heavy atom. The molecule has 72 valence electrons. The van der Waals surface area contributed by atoms with E-state index in [4.69, 9.17) is 4.74 Å². The highest BCUT2D eigenvalue weighted by molar-refractivity contribution is 4.95. The lowest BCUT2D eigenvalue weighted by Crippen LogP contribution is -2.58. The van der Waals surface area contributed by atoms with Gasteiger partial charge in [-0.3, -0.25) is 0 Å². The van der Waals surface area contributed by atoms with Gasteiger partial charge < -0.3 is 10.1 Å². The first kappa shape index (κ1) is 9.80. The maximum absolute atomic E-state index is 12.5. The smallest absolute Gasteiger partial charge is 0.381 e. The van der Waals surface area contributed by atoms with Crippen LogP contribution in [0.4, 0.5) is 13.2 Å². The molecule has 1 aliphatic heterocycles. The maximum Gasteiger partial charge on any atom is 0.406 e. The van der Waals surface area contributed by atoms with Gasteiger partial charge in [0, 0.05) is 13.2 Å². The molecule has 0 unspecified atom stereocenters. The molecule has 0 bridgehead atoms. The molecule has 1 rings (SSSR count). The quantitative estimate of drug-likeness (QED) is 0.662. The standard InChI is InChI=1S/C7H12F3NO/c1-11-6(7(8,9)10)2-4-12-5-3-6/h11H,2-5H2,1H3. The summed E-state index contributed by atoms with van der Waals surface area (Å²) in [7, 11) is 1.35. The van der Waals surface area contributed by atoms with Gasteiger partial charge in [-0.25, -0.2) is 0 Å².